The molecule has 6 heteroatoms. The number of ether oxygens (including phenoxy) is 2. The minimum absolute atomic E-state index is 0.160. The number of benzene rings is 1. The van der Waals surface area contributed by atoms with Gasteiger partial charge in [0, 0.05) is 24.6 Å². The van der Waals surface area contributed by atoms with Gasteiger partial charge in [-0.3, -0.25) is 4.79 Å². The summed E-state index contributed by atoms with van der Waals surface area (Å²) in [4.78, 5) is 22.5. The Bertz CT molecular complexity index is 538. The normalized spacial score (nSPS) is 19.6. The van der Waals surface area contributed by atoms with Gasteiger partial charge in [0.1, 0.15) is 5.75 Å². The largest absolute Gasteiger partial charge is 0.482 e. The molecule has 6 nitrogen and oxygen atoms in total. The van der Waals surface area contributed by atoms with Gasteiger partial charge in [-0.15, -0.1) is 0 Å². The topological polar surface area (TPSA) is 84.9 Å². The lowest BCUT2D eigenvalue weighted by molar-refractivity contribution is -0.139. The minimum atomic E-state index is -1.04. The summed E-state index contributed by atoms with van der Waals surface area (Å²) in [6.07, 6.45) is 0.940. The van der Waals surface area contributed by atoms with Crippen molar-refractivity contribution in [2.45, 2.75) is 25.9 Å². The van der Waals surface area contributed by atoms with Gasteiger partial charge in [0.15, 0.2) is 6.61 Å². The maximum atomic E-state index is 12.1. The maximum absolute atomic E-state index is 12.1. The van der Waals surface area contributed by atoms with Gasteiger partial charge in [-0.05, 0) is 44.5 Å². The Kier molecular flexibility index (Phi) is 5.03. The molecule has 2 N–H and O–H groups in total. The van der Waals surface area contributed by atoms with Gasteiger partial charge in [-0.2, -0.15) is 0 Å². The summed E-state index contributed by atoms with van der Waals surface area (Å²) in [6.45, 7) is 4.96. The van der Waals surface area contributed by atoms with Crippen molar-refractivity contribution in [3.05, 3.63) is 29.8 Å². The zero-order valence-corrected chi connectivity index (χ0v) is 12.8. The van der Waals surface area contributed by atoms with E-state index in [1.807, 2.05) is 13.8 Å². The Morgan fingerprint density at radius 3 is 2.59 bits per heavy atom. The average Bonchev–Trinajstić information content (AvgIpc) is 2.82. The second-order valence-corrected chi connectivity index (χ2v) is 5.85. The number of hydrogen-bond donors (Lipinski definition) is 2. The van der Waals surface area contributed by atoms with Crippen LogP contribution in [0.3, 0.4) is 0 Å². The summed E-state index contributed by atoms with van der Waals surface area (Å²) in [6, 6.07) is 6.40. The van der Waals surface area contributed by atoms with E-state index in [1.54, 1.807) is 24.3 Å². The third-order valence-corrected chi connectivity index (χ3v) is 3.91. The van der Waals surface area contributed by atoms with E-state index in [1.165, 1.54) is 0 Å². The van der Waals surface area contributed by atoms with Gasteiger partial charge in [-0.25, -0.2) is 4.79 Å². The van der Waals surface area contributed by atoms with Crippen LogP contribution in [0.2, 0.25) is 0 Å². The van der Waals surface area contributed by atoms with Crippen LogP contribution < -0.4 is 10.1 Å². The van der Waals surface area contributed by atoms with Crippen LogP contribution in [0.25, 0.3) is 0 Å². The SMILES string of the molecule is CC1(C)OCCC1CNC(=O)c1ccc(OCC(=O)O)cc1. The van der Waals surface area contributed by atoms with E-state index in [0.717, 1.165) is 13.0 Å². The predicted molar refractivity (Wildman–Crippen MR) is 80.0 cm³/mol. The highest BCUT2D eigenvalue weighted by molar-refractivity contribution is 5.94. The first-order chi connectivity index (χ1) is 10.4. The molecule has 0 radical (unpaired) electrons. The lowest BCUT2D eigenvalue weighted by Gasteiger charge is -2.25. The van der Waals surface area contributed by atoms with E-state index < -0.39 is 12.6 Å². The van der Waals surface area contributed by atoms with Crippen molar-refractivity contribution in [1.82, 2.24) is 5.32 Å². The van der Waals surface area contributed by atoms with Gasteiger partial charge in [0.2, 0.25) is 0 Å². The molecule has 1 unspecified atom stereocenters. The molecule has 0 bridgehead atoms. The third kappa shape index (κ3) is 4.21. The van der Waals surface area contributed by atoms with Gasteiger partial charge >= 0.3 is 5.97 Å². The number of carbonyl (C=O) groups excluding carboxylic acids is 1. The monoisotopic (exact) mass is 307 g/mol. The number of carbonyl (C=O) groups is 2. The molecule has 1 heterocycles. The molecule has 1 aliphatic heterocycles. The van der Waals surface area contributed by atoms with Crippen molar-refractivity contribution < 1.29 is 24.2 Å². The smallest absolute Gasteiger partial charge is 0.341 e. The van der Waals surface area contributed by atoms with Crippen molar-refractivity contribution in [2.24, 2.45) is 5.92 Å². The molecule has 1 amide bonds. The predicted octanol–water partition coefficient (Wildman–Crippen LogP) is 1.69. The summed E-state index contributed by atoms with van der Waals surface area (Å²) in [5.74, 6) is -0.477. The number of carboxylic acids is 1. The van der Waals surface area contributed by atoms with Crippen molar-refractivity contribution in [3.63, 3.8) is 0 Å². The molecule has 1 atom stereocenters. The molecule has 1 aromatic rings. The van der Waals surface area contributed by atoms with E-state index in [9.17, 15) is 9.59 Å². The van der Waals surface area contributed by atoms with E-state index in [0.29, 0.717) is 23.8 Å². The van der Waals surface area contributed by atoms with Gasteiger partial charge in [-0.1, -0.05) is 0 Å². The zero-order chi connectivity index (χ0) is 16.2. The van der Waals surface area contributed by atoms with Crippen LogP contribution >= 0.6 is 0 Å². The van der Waals surface area contributed by atoms with Crippen LogP contribution in [0.5, 0.6) is 5.75 Å². The van der Waals surface area contributed by atoms with Crippen LogP contribution in [0.15, 0.2) is 24.3 Å². The summed E-state index contributed by atoms with van der Waals surface area (Å²) >= 11 is 0. The van der Waals surface area contributed by atoms with Crippen LogP contribution in [-0.4, -0.2) is 42.3 Å². The van der Waals surface area contributed by atoms with Crippen LogP contribution in [0, 0.1) is 5.92 Å². The highest BCUT2D eigenvalue weighted by Gasteiger charge is 2.35. The van der Waals surface area contributed by atoms with Gasteiger partial charge in [0.25, 0.3) is 5.91 Å². The molecule has 0 aliphatic carbocycles. The summed E-state index contributed by atoms with van der Waals surface area (Å²) in [5.41, 5.74) is 0.307. The standard InChI is InChI=1S/C16H21NO5/c1-16(2)12(7-8-22-16)9-17-15(20)11-3-5-13(6-4-11)21-10-14(18)19/h3-6,12H,7-10H2,1-2H3,(H,17,20)(H,18,19). The fourth-order valence-electron chi connectivity index (χ4n) is 2.44. The molecule has 1 aliphatic rings. The molecule has 2 rings (SSSR count). The Morgan fingerprint density at radius 1 is 1.36 bits per heavy atom. The van der Waals surface area contributed by atoms with Crippen molar-refractivity contribution >= 4 is 11.9 Å². The first-order valence-electron chi connectivity index (χ1n) is 7.25. The van der Waals surface area contributed by atoms with E-state index in [-0.39, 0.29) is 11.5 Å². The Morgan fingerprint density at radius 2 is 2.05 bits per heavy atom. The van der Waals surface area contributed by atoms with Gasteiger partial charge in [0.05, 0.1) is 5.60 Å². The highest BCUT2D eigenvalue weighted by Crippen LogP contribution is 2.30. The number of amides is 1. The number of hydrogen-bond acceptors (Lipinski definition) is 4. The molecule has 0 aromatic heterocycles. The Labute approximate surface area is 129 Å². The second-order valence-electron chi connectivity index (χ2n) is 5.85. The average molecular weight is 307 g/mol. The quantitative estimate of drug-likeness (QED) is 0.835. The molecular formula is C16H21NO5. The molecule has 1 aromatic carbocycles. The number of aliphatic carboxylic acids is 1. The van der Waals surface area contributed by atoms with Crippen molar-refractivity contribution in [1.29, 1.82) is 0 Å². The molecule has 1 saturated heterocycles. The fourth-order valence-corrected chi connectivity index (χ4v) is 2.44. The Balaban J connectivity index is 1.86. The number of nitrogens with one attached hydrogen (secondary N) is 1. The van der Waals surface area contributed by atoms with Crippen LogP contribution in [0.4, 0.5) is 0 Å². The zero-order valence-electron chi connectivity index (χ0n) is 12.8. The number of carboxylic acid groups (broad SMARTS) is 1. The fraction of sp³-hybridized carbons (Fsp3) is 0.500. The first kappa shape index (κ1) is 16.3. The molecule has 0 spiro atoms. The minimum Gasteiger partial charge on any atom is -0.482 e. The Hall–Kier alpha value is -2.08. The molecule has 120 valence electrons. The van der Waals surface area contributed by atoms with E-state index in [2.05, 4.69) is 5.32 Å². The maximum Gasteiger partial charge on any atom is 0.341 e. The van der Waals surface area contributed by atoms with Crippen LogP contribution in [0.1, 0.15) is 30.6 Å². The third-order valence-electron chi connectivity index (χ3n) is 3.91. The summed E-state index contributed by atoms with van der Waals surface area (Å²) in [7, 11) is 0. The first-order valence-corrected chi connectivity index (χ1v) is 7.25. The molecule has 22 heavy (non-hydrogen) atoms. The second kappa shape index (κ2) is 6.79. The van der Waals surface area contributed by atoms with Crippen LogP contribution in [-0.2, 0) is 9.53 Å². The van der Waals surface area contributed by atoms with E-state index in [4.69, 9.17) is 14.6 Å². The lowest BCUT2D eigenvalue weighted by Crippen LogP contribution is -2.37. The van der Waals surface area contributed by atoms with Crippen molar-refractivity contribution in [3.8, 4) is 5.75 Å². The highest BCUT2D eigenvalue weighted by atomic mass is 16.5. The number of rotatable bonds is 6. The van der Waals surface area contributed by atoms with Gasteiger partial charge < -0.3 is 19.9 Å². The lowest BCUT2D eigenvalue weighted by atomic mass is 9.91. The van der Waals surface area contributed by atoms with Crippen molar-refractivity contribution in [2.75, 3.05) is 19.8 Å². The summed E-state index contributed by atoms with van der Waals surface area (Å²) in [5, 5.41) is 11.4. The summed E-state index contributed by atoms with van der Waals surface area (Å²) < 4.78 is 10.7. The molecular weight excluding hydrogens is 286 g/mol. The molecule has 0 saturated carbocycles. The molecule has 1 fully saturated rings. The van der Waals surface area contributed by atoms with E-state index >= 15 is 0 Å².